The van der Waals surface area contributed by atoms with Crippen LogP contribution in [0.4, 0.5) is 11.6 Å². The van der Waals surface area contributed by atoms with Crippen LogP contribution >= 0.6 is 0 Å². The van der Waals surface area contributed by atoms with E-state index < -0.39 is 0 Å². The van der Waals surface area contributed by atoms with Gasteiger partial charge < -0.3 is 9.73 Å². The Bertz CT molecular complexity index is 1160. The molecule has 5 rings (SSSR count). The zero-order valence-corrected chi connectivity index (χ0v) is 13.4. The molecule has 0 saturated carbocycles. The molecule has 1 aliphatic rings. The third-order valence-electron chi connectivity index (χ3n) is 4.57. The first-order valence-electron chi connectivity index (χ1n) is 8.01. The smallest absolute Gasteiger partial charge is 0.344 e. The molecule has 1 atom stereocenters. The molecule has 0 spiro atoms. The summed E-state index contributed by atoms with van der Waals surface area (Å²) in [5, 5.41) is 8.41. The molecule has 1 unspecified atom stereocenters. The standard InChI is InChI=1S/C19H14N4O2/c1-11-6-8-12(9-7-11)17-15-16(22-19-20-10-21-23(17)19)13-4-2-3-5-14(13)25-18(15)24/h2-10,17H,1H3,(H,20,21,22). The highest BCUT2D eigenvalue weighted by Gasteiger charge is 2.33. The molecule has 122 valence electrons. The molecule has 0 radical (unpaired) electrons. The van der Waals surface area contributed by atoms with E-state index in [1.54, 1.807) is 10.7 Å². The van der Waals surface area contributed by atoms with Gasteiger partial charge in [0.05, 0.1) is 11.3 Å². The zero-order valence-electron chi connectivity index (χ0n) is 13.4. The quantitative estimate of drug-likeness (QED) is 0.477. The minimum Gasteiger partial charge on any atom is -0.422 e. The van der Waals surface area contributed by atoms with Gasteiger partial charge in [-0.1, -0.05) is 42.0 Å². The molecular formula is C19H14N4O2. The summed E-state index contributed by atoms with van der Waals surface area (Å²) in [6, 6.07) is 15.2. The number of benzene rings is 2. The second-order valence-electron chi connectivity index (χ2n) is 6.14. The van der Waals surface area contributed by atoms with Crippen LogP contribution in [0.5, 0.6) is 0 Å². The first-order valence-corrected chi connectivity index (χ1v) is 8.01. The zero-order chi connectivity index (χ0) is 17.0. The molecule has 0 bridgehead atoms. The minimum absolute atomic E-state index is 0.368. The molecule has 1 N–H and O–H groups in total. The number of hydrogen-bond acceptors (Lipinski definition) is 5. The summed E-state index contributed by atoms with van der Waals surface area (Å²) in [6.07, 6.45) is 1.49. The van der Waals surface area contributed by atoms with Crippen molar-refractivity contribution in [1.29, 1.82) is 0 Å². The highest BCUT2D eigenvalue weighted by Crippen LogP contribution is 2.40. The topological polar surface area (TPSA) is 73.0 Å². The summed E-state index contributed by atoms with van der Waals surface area (Å²) >= 11 is 0. The van der Waals surface area contributed by atoms with Crippen LogP contribution in [0.15, 0.2) is 64.1 Å². The predicted octanol–water partition coefficient (Wildman–Crippen LogP) is 3.39. The van der Waals surface area contributed by atoms with Gasteiger partial charge in [-0.05, 0) is 24.6 Å². The number of anilines is 2. The Labute approximate surface area is 142 Å². The van der Waals surface area contributed by atoms with Crippen LogP contribution in [0, 0.1) is 6.92 Å². The lowest BCUT2D eigenvalue weighted by molar-refractivity contribution is 0.515. The van der Waals surface area contributed by atoms with E-state index in [-0.39, 0.29) is 11.7 Å². The Morgan fingerprint density at radius 1 is 1.12 bits per heavy atom. The van der Waals surface area contributed by atoms with Crippen molar-refractivity contribution in [3.8, 4) is 0 Å². The normalized spacial score (nSPS) is 15.5. The Hall–Kier alpha value is -3.41. The van der Waals surface area contributed by atoms with Crippen molar-refractivity contribution in [3.05, 3.63) is 82.0 Å². The predicted molar refractivity (Wildman–Crippen MR) is 94.2 cm³/mol. The van der Waals surface area contributed by atoms with Gasteiger partial charge in [-0.3, -0.25) is 0 Å². The average Bonchev–Trinajstić information content (AvgIpc) is 3.09. The molecule has 6 heteroatoms. The van der Waals surface area contributed by atoms with Crippen LogP contribution in [0.25, 0.3) is 11.0 Å². The van der Waals surface area contributed by atoms with Gasteiger partial charge in [0.2, 0.25) is 5.95 Å². The van der Waals surface area contributed by atoms with Gasteiger partial charge in [0.1, 0.15) is 18.0 Å². The number of hydrogen-bond donors (Lipinski definition) is 1. The minimum atomic E-state index is -0.379. The van der Waals surface area contributed by atoms with Crippen LogP contribution in [0.1, 0.15) is 22.7 Å². The molecule has 1 aliphatic heterocycles. The number of rotatable bonds is 1. The van der Waals surface area contributed by atoms with E-state index in [1.165, 1.54) is 6.33 Å². The number of nitrogens with zero attached hydrogens (tertiary/aromatic N) is 3. The van der Waals surface area contributed by atoms with Crippen LogP contribution in [-0.2, 0) is 0 Å². The van der Waals surface area contributed by atoms with Gasteiger partial charge >= 0.3 is 5.63 Å². The largest absolute Gasteiger partial charge is 0.422 e. The third kappa shape index (κ3) is 2.00. The van der Waals surface area contributed by atoms with E-state index in [2.05, 4.69) is 15.4 Å². The lowest BCUT2D eigenvalue weighted by Crippen LogP contribution is -2.28. The second kappa shape index (κ2) is 5.04. The SMILES string of the molecule is Cc1ccc(C2c3c(c4ccccc4oc3=O)Nc3ncnn32)cc1. The maximum Gasteiger partial charge on any atom is 0.344 e. The third-order valence-corrected chi connectivity index (χ3v) is 4.57. The van der Waals surface area contributed by atoms with E-state index in [1.807, 2.05) is 49.4 Å². The van der Waals surface area contributed by atoms with Crippen molar-refractivity contribution in [1.82, 2.24) is 14.8 Å². The Kier molecular flexibility index (Phi) is 2.82. The summed E-state index contributed by atoms with van der Waals surface area (Å²) in [6.45, 7) is 2.03. The Morgan fingerprint density at radius 3 is 2.76 bits per heavy atom. The van der Waals surface area contributed by atoms with E-state index in [0.717, 1.165) is 22.2 Å². The van der Waals surface area contributed by atoms with Crippen molar-refractivity contribution >= 4 is 22.6 Å². The van der Waals surface area contributed by atoms with Crippen molar-refractivity contribution in [2.24, 2.45) is 0 Å². The summed E-state index contributed by atoms with van der Waals surface area (Å²) in [5.41, 5.74) is 3.57. The molecule has 2 aromatic heterocycles. The fourth-order valence-corrected chi connectivity index (χ4v) is 3.37. The maximum absolute atomic E-state index is 12.8. The van der Waals surface area contributed by atoms with Gasteiger partial charge in [-0.2, -0.15) is 10.1 Å². The molecule has 2 aromatic carbocycles. The summed E-state index contributed by atoms with van der Waals surface area (Å²) in [5.74, 6) is 0.605. The van der Waals surface area contributed by atoms with Crippen molar-refractivity contribution < 1.29 is 4.42 Å². The number of fused-ring (bicyclic) bond motifs is 4. The number of aromatic nitrogens is 3. The summed E-state index contributed by atoms with van der Waals surface area (Å²) in [4.78, 5) is 17.1. The molecule has 4 aromatic rings. The molecule has 0 fully saturated rings. The Balaban J connectivity index is 1.86. The molecule has 25 heavy (non-hydrogen) atoms. The van der Waals surface area contributed by atoms with Crippen molar-refractivity contribution in [3.63, 3.8) is 0 Å². The highest BCUT2D eigenvalue weighted by atomic mass is 16.4. The molecule has 0 amide bonds. The van der Waals surface area contributed by atoms with Crippen LogP contribution in [0.3, 0.4) is 0 Å². The van der Waals surface area contributed by atoms with Gasteiger partial charge in [0.25, 0.3) is 0 Å². The van der Waals surface area contributed by atoms with E-state index in [9.17, 15) is 4.79 Å². The number of aryl methyl sites for hydroxylation is 1. The van der Waals surface area contributed by atoms with E-state index >= 15 is 0 Å². The Morgan fingerprint density at radius 2 is 1.92 bits per heavy atom. The maximum atomic E-state index is 12.8. The van der Waals surface area contributed by atoms with E-state index in [4.69, 9.17) is 4.42 Å². The summed E-state index contributed by atoms with van der Waals surface area (Å²) in [7, 11) is 0. The van der Waals surface area contributed by atoms with Crippen LogP contribution in [-0.4, -0.2) is 14.8 Å². The average molecular weight is 330 g/mol. The molecule has 0 aliphatic carbocycles. The fraction of sp³-hybridized carbons (Fsp3) is 0.105. The molecular weight excluding hydrogens is 316 g/mol. The lowest BCUT2D eigenvalue weighted by atomic mass is 9.95. The summed E-state index contributed by atoms with van der Waals surface area (Å²) < 4.78 is 7.29. The lowest BCUT2D eigenvalue weighted by Gasteiger charge is -2.27. The highest BCUT2D eigenvalue weighted by molar-refractivity contribution is 5.94. The van der Waals surface area contributed by atoms with Crippen molar-refractivity contribution in [2.75, 3.05) is 5.32 Å². The molecule has 0 saturated heterocycles. The second-order valence-corrected chi connectivity index (χ2v) is 6.14. The first kappa shape index (κ1) is 14.0. The van der Waals surface area contributed by atoms with Gasteiger partial charge in [0.15, 0.2) is 0 Å². The van der Waals surface area contributed by atoms with Crippen LogP contribution in [0.2, 0.25) is 0 Å². The molecule has 6 nitrogen and oxygen atoms in total. The van der Waals surface area contributed by atoms with E-state index in [0.29, 0.717) is 17.1 Å². The van der Waals surface area contributed by atoms with Gasteiger partial charge in [-0.25, -0.2) is 9.48 Å². The monoisotopic (exact) mass is 330 g/mol. The number of nitrogens with one attached hydrogen (secondary N) is 1. The molecule has 3 heterocycles. The van der Waals surface area contributed by atoms with Crippen LogP contribution < -0.4 is 10.9 Å². The van der Waals surface area contributed by atoms with Crippen molar-refractivity contribution in [2.45, 2.75) is 13.0 Å². The number of para-hydroxylation sites is 1. The van der Waals surface area contributed by atoms with Gasteiger partial charge in [0, 0.05) is 5.39 Å². The van der Waals surface area contributed by atoms with Gasteiger partial charge in [-0.15, -0.1) is 0 Å². The first-order chi connectivity index (χ1) is 12.2. The fourth-order valence-electron chi connectivity index (χ4n) is 3.37.